The Kier molecular flexibility index (Phi) is 4.58. The van der Waals surface area contributed by atoms with Crippen molar-refractivity contribution in [2.75, 3.05) is 12.1 Å². The van der Waals surface area contributed by atoms with Crippen LogP contribution in [-0.4, -0.2) is 22.5 Å². The van der Waals surface area contributed by atoms with Gasteiger partial charge in [-0.2, -0.15) is 18.3 Å². The van der Waals surface area contributed by atoms with Crippen LogP contribution < -0.4 is 14.8 Å². The average molecular weight is 450 g/mol. The van der Waals surface area contributed by atoms with Crippen LogP contribution in [0.4, 0.5) is 18.9 Å². The summed E-state index contributed by atoms with van der Waals surface area (Å²) in [6.07, 6.45) is -3.18. The van der Waals surface area contributed by atoms with Crippen molar-refractivity contribution in [3.8, 4) is 17.2 Å². The van der Waals surface area contributed by atoms with Crippen molar-refractivity contribution in [2.24, 2.45) is 0 Å². The lowest BCUT2D eigenvalue weighted by Gasteiger charge is -2.10. The Morgan fingerprint density at radius 3 is 2.65 bits per heavy atom. The lowest BCUT2D eigenvalue weighted by Crippen LogP contribution is -2.13. The first kappa shape index (κ1) is 19.7. The van der Waals surface area contributed by atoms with E-state index in [1.807, 2.05) is 0 Å². The minimum absolute atomic E-state index is 0.0813. The number of alkyl halides is 3. The maximum absolute atomic E-state index is 13.3. The van der Waals surface area contributed by atoms with E-state index in [9.17, 15) is 18.0 Å². The van der Waals surface area contributed by atoms with E-state index < -0.39 is 17.8 Å². The maximum atomic E-state index is 13.3. The first-order chi connectivity index (χ1) is 14.8. The summed E-state index contributed by atoms with van der Waals surface area (Å²) in [4.78, 5) is 12.7. The smallest absolute Gasteiger partial charge is 0.436 e. The number of aromatic nitrogens is 2. The third kappa shape index (κ3) is 3.69. The highest BCUT2D eigenvalue weighted by Gasteiger charge is 2.42. The van der Waals surface area contributed by atoms with Gasteiger partial charge in [0, 0.05) is 23.2 Å². The molecule has 2 aromatic carbocycles. The van der Waals surface area contributed by atoms with Crippen molar-refractivity contribution in [3.63, 3.8) is 0 Å². The fourth-order valence-electron chi connectivity index (χ4n) is 3.46. The second kappa shape index (κ2) is 7.19. The predicted molar refractivity (Wildman–Crippen MR) is 106 cm³/mol. The second-order valence-electron chi connectivity index (χ2n) is 7.30. The molecule has 0 radical (unpaired) electrons. The monoisotopic (exact) mass is 449 g/mol. The summed E-state index contributed by atoms with van der Waals surface area (Å²) in [6, 6.07) is 11.2. The lowest BCUT2D eigenvalue weighted by atomic mass is 10.1. The molecule has 6 nitrogen and oxygen atoms in total. The van der Waals surface area contributed by atoms with E-state index in [1.165, 1.54) is 10.7 Å². The molecule has 1 aliphatic carbocycles. The summed E-state index contributed by atoms with van der Waals surface area (Å²) in [6.45, 7) is 0.116. The van der Waals surface area contributed by atoms with Crippen LogP contribution in [0.15, 0.2) is 42.5 Å². The number of anilines is 1. The standard InChI is InChI=1S/C21H15ClF3N3O3/c22-17-18(11-4-5-11)28(27-19(17)21(23,24)25)14-3-1-2-12(8-14)20(29)26-13-6-7-15-16(9-13)31-10-30-15/h1-3,6-9,11H,4-5,10H2,(H,26,29). The number of hydrogen-bond acceptors (Lipinski definition) is 4. The van der Waals surface area contributed by atoms with E-state index in [0.717, 1.165) is 12.8 Å². The van der Waals surface area contributed by atoms with Crippen LogP contribution in [0, 0.1) is 0 Å². The number of nitrogens with zero attached hydrogens (tertiary/aromatic N) is 2. The number of halogens is 4. The molecule has 1 aromatic heterocycles. The summed E-state index contributed by atoms with van der Waals surface area (Å²) >= 11 is 6.05. The van der Waals surface area contributed by atoms with Gasteiger partial charge in [-0.05, 0) is 43.2 Å². The molecular weight excluding hydrogens is 435 g/mol. The van der Waals surface area contributed by atoms with E-state index in [-0.39, 0.29) is 23.3 Å². The van der Waals surface area contributed by atoms with E-state index in [0.29, 0.717) is 28.6 Å². The van der Waals surface area contributed by atoms with Crippen molar-refractivity contribution in [2.45, 2.75) is 24.9 Å². The number of ether oxygens (including phenoxy) is 2. The van der Waals surface area contributed by atoms with Gasteiger partial charge in [-0.1, -0.05) is 17.7 Å². The fourth-order valence-corrected chi connectivity index (χ4v) is 3.83. The van der Waals surface area contributed by atoms with Crippen molar-refractivity contribution in [3.05, 3.63) is 64.4 Å². The number of amides is 1. The largest absolute Gasteiger partial charge is 0.454 e. The Balaban J connectivity index is 1.46. The molecule has 0 saturated heterocycles. The molecule has 0 unspecified atom stereocenters. The van der Waals surface area contributed by atoms with Gasteiger partial charge in [0.15, 0.2) is 17.2 Å². The van der Waals surface area contributed by atoms with Crippen LogP contribution in [-0.2, 0) is 6.18 Å². The summed E-state index contributed by atoms with van der Waals surface area (Å²) in [5.41, 5.74) is 0.295. The summed E-state index contributed by atoms with van der Waals surface area (Å²) in [7, 11) is 0. The molecule has 1 N–H and O–H groups in total. The highest BCUT2D eigenvalue weighted by atomic mass is 35.5. The molecule has 1 aliphatic heterocycles. The molecule has 3 aromatic rings. The first-order valence-corrected chi connectivity index (χ1v) is 9.86. The van der Waals surface area contributed by atoms with Crippen molar-refractivity contribution >= 4 is 23.2 Å². The third-order valence-corrected chi connectivity index (χ3v) is 5.45. The van der Waals surface area contributed by atoms with Crippen molar-refractivity contribution in [1.29, 1.82) is 0 Å². The van der Waals surface area contributed by atoms with Gasteiger partial charge >= 0.3 is 6.18 Å². The Morgan fingerprint density at radius 2 is 1.90 bits per heavy atom. The molecule has 5 rings (SSSR count). The predicted octanol–water partition coefficient (Wildman–Crippen LogP) is 5.40. The quantitative estimate of drug-likeness (QED) is 0.579. The van der Waals surface area contributed by atoms with Gasteiger partial charge in [0.25, 0.3) is 5.91 Å². The van der Waals surface area contributed by atoms with Gasteiger partial charge in [0.1, 0.15) is 0 Å². The number of carbonyl (C=O) groups is 1. The molecule has 2 aliphatic rings. The van der Waals surface area contributed by atoms with Gasteiger partial charge in [0.2, 0.25) is 6.79 Å². The van der Waals surface area contributed by atoms with Gasteiger partial charge in [-0.3, -0.25) is 4.79 Å². The summed E-state index contributed by atoms with van der Waals surface area (Å²) in [5.74, 6) is 0.598. The molecule has 1 fully saturated rings. The minimum atomic E-state index is -4.67. The van der Waals surface area contributed by atoms with Gasteiger partial charge in [0.05, 0.1) is 16.4 Å². The van der Waals surface area contributed by atoms with Crippen LogP contribution in [0.1, 0.15) is 40.5 Å². The number of fused-ring (bicyclic) bond motifs is 1. The number of benzene rings is 2. The van der Waals surface area contributed by atoms with Gasteiger partial charge in [-0.15, -0.1) is 0 Å². The normalized spacial score (nSPS) is 15.2. The number of rotatable bonds is 4. The van der Waals surface area contributed by atoms with Crippen LogP contribution in [0.25, 0.3) is 5.69 Å². The maximum Gasteiger partial charge on any atom is 0.436 e. The molecule has 1 amide bonds. The Morgan fingerprint density at radius 1 is 1.13 bits per heavy atom. The minimum Gasteiger partial charge on any atom is -0.454 e. The van der Waals surface area contributed by atoms with E-state index in [1.54, 1.807) is 36.4 Å². The number of hydrogen-bond donors (Lipinski definition) is 1. The van der Waals surface area contributed by atoms with Crippen molar-refractivity contribution < 1.29 is 27.4 Å². The van der Waals surface area contributed by atoms with Crippen LogP contribution in [0.5, 0.6) is 11.5 Å². The SMILES string of the molecule is O=C(Nc1ccc2c(c1)OCO2)c1cccc(-n2nc(C(F)(F)F)c(Cl)c2C2CC2)c1. The Hall–Kier alpha value is -3.20. The number of nitrogens with one attached hydrogen (secondary N) is 1. The highest BCUT2D eigenvalue weighted by molar-refractivity contribution is 6.32. The molecule has 160 valence electrons. The molecular formula is C21H15ClF3N3O3. The summed E-state index contributed by atoms with van der Waals surface area (Å²) in [5, 5.41) is 6.10. The topological polar surface area (TPSA) is 65.4 Å². The zero-order valence-corrected chi connectivity index (χ0v) is 16.6. The van der Waals surface area contributed by atoms with E-state index >= 15 is 0 Å². The van der Waals surface area contributed by atoms with Crippen molar-refractivity contribution in [1.82, 2.24) is 9.78 Å². The highest BCUT2D eigenvalue weighted by Crippen LogP contribution is 2.47. The van der Waals surface area contributed by atoms with E-state index in [2.05, 4.69) is 10.4 Å². The molecule has 10 heteroatoms. The average Bonchev–Trinajstić information content (AvgIpc) is 3.34. The fraction of sp³-hybridized carbons (Fsp3) is 0.238. The molecule has 2 heterocycles. The summed E-state index contributed by atoms with van der Waals surface area (Å²) < 4.78 is 51.8. The number of carbonyl (C=O) groups excluding carboxylic acids is 1. The molecule has 31 heavy (non-hydrogen) atoms. The molecule has 0 bridgehead atoms. The molecule has 0 atom stereocenters. The lowest BCUT2D eigenvalue weighted by molar-refractivity contribution is -0.141. The Bertz CT molecular complexity index is 1190. The van der Waals surface area contributed by atoms with Gasteiger partial charge in [-0.25, -0.2) is 4.68 Å². The Labute approximate surface area is 179 Å². The molecule has 1 saturated carbocycles. The third-order valence-electron chi connectivity index (χ3n) is 5.08. The molecule has 0 spiro atoms. The zero-order valence-electron chi connectivity index (χ0n) is 15.9. The zero-order chi connectivity index (χ0) is 21.8. The van der Waals surface area contributed by atoms with E-state index in [4.69, 9.17) is 21.1 Å². The van der Waals surface area contributed by atoms with Crippen LogP contribution in [0.3, 0.4) is 0 Å². The second-order valence-corrected chi connectivity index (χ2v) is 7.68. The first-order valence-electron chi connectivity index (χ1n) is 9.48. The van der Waals surface area contributed by atoms with Crippen LogP contribution in [0.2, 0.25) is 5.02 Å². The van der Waals surface area contributed by atoms with Crippen LogP contribution >= 0.6 is 11.6 Å². The van der Waals surface area contributed by atoms with Gasteiger partial charge < -0.3 is 14.8 Å².